The lowest BCUT2D eigenvalue weighted by molar-refractivity contribution is 0.0946. The number of hydrogen-bond acceptors (Lipinski definition) is 3. The average Bonchev–Trinajstić information content (AvgIpc) is 3.11. The molecule has 20 heavy (non-hydrogen) atoms. The van der Waals surface area contributed by atoms with Gasteiger partial charge in [-0.25, -0.2) is 0 Å². The van der Waals surface area contributed by atoms with Crippen LogP contribution in [0.15, 0.2) is 6.07 Å². The van der Waals surface area contributed by atoms with Gasteiger partial charge in [-0.1, -0.05) is 0 Å². The third-order valence-corrected chi connectivity index (χ3v) is 3.52. The van der Waals surface area contributed by atoms with Gasteiger partial charge in [-0.15, -0.1) is 0 Å². The number of carbonyl (C=O) groups excluding carboxylic acids is 1. The Kier molecular flexibility index (Phi) is 4.48. The van der Waals surface area contributed by atoms with Gasteiger partial charge in [0.25, 0.3) is 5.91 Å². The summed E-state index contributed by atoms with van der Waals surface area (Å²) in [6, 6.07) is 1.96. The molecule has 0 atom stereocenters. The Morgan fingerprint density at radius 2 is 2.15 bits per heavy atom. The summed E-state index contributed by atoms with van der Waals surface area (Å²) in [7, 11) is 0. The van der Waals surface area contributed by atoms with Crippen molar-refractivity contribution in [1.29, 1.82) is 0 Å². The molecular formula is C15H26N4O. The predicted octanol–water partition coefficient (Wildman–Crippen LogP) is 1.98. The van der Waals surface area contributed by atoms with Crippen molar-refractivity contribution in [3.63, 3.8) is 0 Å². The topological polar surface area (TPSA) is 72.9 Å². The predicted molar refractivity (Wildman–Crippen MR) is 79.8 cm³/mol. The van der Waals surface area contributed by atoms with E-state index >= 15 is 0 Å². The normalized spacial score (nSPS) is 15.4. The first-order chi connectivity index (χ1) is 9.43. The van der Waals surface area contributed by atoms with Gasteiger partial charge >= 0.3 is 0 Å². The van der Waals surface area contributed by atoms with Crippen LogP contribution >= 0.6 is 0 Å². The minimum atomic E-state index is -0.0873. The van der Waals surface area contributed by atoms with E-state index < -0.39 is 0 Å². The number of unbranched alkanes of at least 4 members (excludes halogenated alkanes) is 1. The first kappa shape index (κ1) is 15.0. The van der Waals surface area contributed by atoms with E-state index in [4.69, 9.17) is 5.73 Å². The second kappa shape index (κ2) is 5.95. The highest BCUT2D eigenvalue weighted by atomic mass is 16.1. The second-order valence-corrected chi connectivity index (χ2v) is 6.56. The summed E-state index contributed by atoms with van der Waals surface area (Å²) >= 11 is 0. The Balaban J connectivity index is 2.06. The van der Waals surface area contributed by atoms with E-state index in [0.29, 0.717) is 24.7 Å². The lowest BCUT2D eigenvalue weighted by Gasteiger charge is -2.22. The molecule has 1 amide bonds. The van der Waals surface area contributed by atoms with Gasteiger partial charge in [0.15, 0.2) is 0 Å². The molecule has 0 aliphatic heterocycles. The van der Waals surface area contributed by atoms with E-state index in [-0.39, 0.29) is 11.4 Å². The maximum atomic E-state index is 12.1. The van der Waals surface area contributed by atoms with Gasteiger partial charge < -0.3 is 11.1 Å². The summed E-state index contributed by atoms with van der Waals surface area (Å²) in [6.07, 6.45) is 4.26. The van der Waals surface area contributed by atoms with E-state index in [0.717, 1.165) is 12.8 Å². The number of hydrogen-bond donors (Lipinski definition) is 2. The molecule has 1 aromatic heterocycles. The molecule has 1 fully saturated rings. The van der Waals surface area contributed by atoms with Gasteiger partial charge in [0, 0.05) is 18.2 Å². The van der Waals surface area contributed by atoms with E-state index in [1.165, 1.54) is 18.5 Å². The van der Waals surface area contributed by atoms with Crippen molar-refractivity contribution in [1.82, 2.24) is 15.1 Å². The zero-order chi connectivity index (χ0) is 14.8. The molecule has 1 aliphatic rings. The Labute approximate surface area is 120 Å². The number of carbonyl (C=O) groups is 1. The van der Waals surface area contributed by atoms with Crippen LogP contribution < -0.4 is 11.1 Å². The molecule has 2 rings (SSSR count). The Bertz CT molecular complexity index is 469. The van der Waals surface area contributed by atoms with Crippen molar-refractivity contribution in [3.05, 3.63) is 17.5 Å². The Morgan fingerprint density at radius 1 is 1.45 bits per heavy atom. The van der Waals surface area contributed by atoms with Crippen molar-refractivity contribution in [2.24, 2.45) is 5.73 Å². The van der Waals surface area contributed by atoms with Crippen molar-refractivity contribution in [2.75, 3.05) is 13.1 Å². The molecule has 5 heteroatoms. The SMILES string of the molecule is CC(C)(C)n1nc(C(=O)NCCCCN)cc1C1CC1. The molecule has 0 radical (unpaired) electrons. The second-order valence-electron chi connectivity index (χ2n) is 6.56. The van der Waals surface area contributed by atoms with Crippen LogP contribution in [0.25, 0.3) is 0 Å². The number of rotatable bonds is 6. The fourth-order valence-electron chi connectivity index (χ4n) is 2.28. The maximum absolute atomic E-state index is 12.1. The Morgan fingerprint density at radius 3 is 2.70 bits per heavy atom. The number of nitrogens with zero attached hydrogens (tertiary/aromatic N) is 2. The molecule has 0 saturated heterocycles. The van der Waals surface area contributed by atoms with Crippen LogP contribution in [0.4, 0.5) is 0 Å². The fourth-order valence-corrected chi connectivity index (χ4v) is 2.28. The molecule has 1 aromatic rings. The number of nitrogens with one attached hydrogen (secondary N) is 1. The molecule has 1 aliphatic carbocycles. The maximum Gasteiger partial charge on any atom is 0.271 e. The minimum Gasteiger partial charge on any atom is -0.351 e. The van der Waals surface area contributed by atoms with Gasteiger partial charge in [0.2, 0.25) is 0 Å². The largest absolute Gasteiger partial charge is 0.351 e. The highest BCUT2D eigenvalue weighted by Crippen LogP contribution is 2.41. The molecule has 0 spiro atoms. The summed E-state index contributed by atoms with van der Waals surface area (Å²) in [4.78, 5) is 12.1. The molecule has 0 unspecified atom stereocenters. The third-order valence-electron chi connectivity index (χ3n) is 3.52. The molecule has 112 valence electrons. The molecule has 5 nitrogen and oxygen atoms in total. The van der Waals surface area contributed by atoms with Crippen LogP contribution in [0.2, 0.25) is 0 Å². The lowest BCUT2D eigenvalue weighted by atomic mass is 10.1. The third kappa shape index (κ3) is 3.60. The van der Waals surface area contributed by atoms with Crippen LogP contribution in [0.1, 0.15) is 68.6 Å². The quantitative estimate of drug-likeness (QED) is 0.782. The molecule has 0 aromatic carbocycles. The van der Waals surface area contributed by atoms with Gasteiger partial charge in [-0.3, -0.25) is 9.48 Å². The highest BCUT2D eigenvalue weighted by Gasteiger charge is 2.32. The molecule has 3 N–H and O–H groups in total. The van der Waals surface area contributed by atoms with Crippen molar-refractivity contribution < 1.29 is 4.79 Å². The van der Waals surface area contributed by atoms with Gasteiger partial charge in [-0.05, 0) is 59.1 Å². The van der Waals surface area contributed by atoms with Crippen LogP contribution in [-0.4, -0.2) is 28.8 Å². The van der Waals surface area contributed by atoms with Crippen LogP contribution in [0.5, 0.6) is 0 Å². The van der Waals surface area contributed by atoms with Gasteiger partial charge in [-0.2, -0.15) is 5.10 Å². The van der Waals surface area contributed by atoms with E-state index in [9.17, 15) is 4.79 Å². The monoisotopic (exact) mass is 278 g/mol. The lowest BCUT2D eigenvalue weighted by Crippen LogP contribution is -2.28. The van der Waals surface area contributed by atoms with Crippen LogP contribution in [0.3, 0.4) is 0 Å². The minimum absolute atomic E-state index is 0.0769. The first-order valence-electron chi connectivity index (χ1n) is 7.52. The highest BCUT2D eigenvalue weighted by molar-refractivity contribution is 5.92. The Hall–Kier alpha value is -1.36. The number of aromatic nitrogens is 2. The summed E-state index contributed by atoms with van der Waals surface area (Å²) in [5.41, 5.74) is 7.09. The van der Waals surface area contributed by atoms with Crippen LogP contribution in [0, 0.1) is 0 Å². The zero-order valence-corrected chi connectivity index (χ0v) is 12.8. The van der Waals surface area contributed by atoms with Gasteiger partial charge in [0.05, 0.1) is 5.54 Å². The summed E-state index contributed by atoms with van der Waals surface area (Å²) in [5.74, 6) is 0.507. The average molecular weight is 278 g/mol. The number of amides is 1. The molecular weight excluding hydrogens is 252 g/mol. The van der Waals surface area contributed by atoms with Crippen molar-refractivity contribution >= 4 is 5.91 Å². The summed E-state index contributed by atoms with van der Waals surface area (Å²) in [6.45, 7) is 7.69. The van der Waals surface area contributed by atoms with E-state index in [2.05, 4.69) is 31.2 Å². The van der Waals surface area contributed by atoms with Crippen LogP contribution in [-0.2, 0) is 5.54 Å². The van der Waals surface area contributed by atoms with Crippen molar-refractivity contribution in [3.8, 4) is 0 Å². The summed E-state index contributed by atoms with van der Waals surface area (Å²) in [5, 5.41) is 7.44. The molecule has 1 heterocycles. The van der Waals surface area contributed by atoms with Gasteiger partial charge in [0.1, 0.15) is 5.69 Å². The van der Waals surface area contributed by atoms with E-state index in [1.807, 2.05) is 10.7 Å². The number of nitrogens with two attached hydrogens (primary N) is 1. The standard InChI is InChI=1S/C15H26N4O/c1-15(2,3)19-13(11-6-7-11)10-12(18-19)14(20)17-9-5-4-8-16/h10-11H,4-9,16H2,1-3H3,(H,17,20). The zero-order valence-electron chi connectivity index (χ0n) is 12.8. The smallest absolute Gasteiger partial charge is 0.271 e. The first-order valence-corrected chi connectivity index (χ1v) is 7.52. The van der Waals surface area contributed by atoms with Crippen molar-refractivity contribution in [2.45, 2.75) is 57.9 Å². The summed E-state index contributed by atoms with van der Waals surface area (Å²) < 4.78 is 2.01. The van der Waals surface area contributed by atoms with E-state index in [1.54, 1.807) is 0 Å². The molecule has 1 saturated carbocycles. The molecule has 0 bridgehead atoms. The fraction of sp³-hybridized carbons (Fsp3) is 0.733.